The topological polar surface area (TPSA) is 46.3 Å². The molecule has 0 radical (unpaired) electrons. The Hall–Kier alpha value is -1.35. The Morgan fingerprint density at radius 2 is 1.88 bits per heavy atom. The van der Waals surface area contributed by atoms with Crippen molar-refractivity contribution in [1.29, 1.82) is 0 Å². The van der Waals surface area contributed by atoms with E-state index in [0.29, 0.717) is 13.0 Å². The fraction of sp³-hybridized carbons (Fsp3) is 0.500. The van der Waals surface area contributed by atoms with Gasteiger partial charge in [0, 0.05) is 20.1 Å². The van der Waals surface area contributed by atoms with E-state index in [2.05, 4.69) is 0 Å². The van der Waals surface area contributed by atoms with Gasteiger partial charge in [-0.3, -0.25) is 4.79 Å². The van der Waals surface area contributed by atoms with Crippen molar-refractivity contribution in [3.8, 4) is 0 Å². The molecule has 0 atom stereocenters. The molecule has 0 aliphatic heterocycles. The van der Waals surface area contributed by atoms with Crippen LogP contribution in [0.15, 0.2) is 24.3 Å². The molecule has 0 saturated heterocycles. The van der Waals surface area contributed by atoms with Crippen molar-refractivity contribution in [3.05, 3.63) is 35.4 Å². The second-order valence-electron chi connectivity index (χ2n) is 4.92. The maximum absolute atomic E-state index is 11.9. The fourth-order valence-electron chi connectivity index (χ4n) is 1.89. The first-order chi connectivity index (χ1) is 8.19. The highest BCUT2D eigenvalue weighted by Crippen LogP contribution is 2.29. The van der Waals surface area contributed by atoms with Crippen LogP contribution in [0.2, 0.25) is 0 Å². The smallest absolute Gasteiger partial charge is 0.226 e. The number of amides is 1. The van der Waals surface area contributed by atoms with Gasteiger partial charge in [0.2, 0.25) is 5.91 Å². The molecule has 0 bridgehead atoms. The molecule has 0 unspecified atom stereocenters. The molecule has 3 heteroatoms. The first kappa shape index (κ1) is 12.1. The molecule has 2 rings (SSSR count). The van der Waals surface area contributed by atoms with Gasteiger partial charge in [0.15, 0.2) is 0 Å². The average molecular weight is 232 g/mol. The largest absolute Gasteiger partial charge is 0.345 e. The number of nitrogens with two attached hydrogens (primary N) is 1. The van der Waals surface area contributed by atoms with Crippen LogP contribution in [0.5, 0.6) is 0 Å². The van der Waals surface area contributed by atoms with Gasteiger partial charge in [-0.1, -0.05) is 24.3 Å². The van der Waals surface area contributed by atoms with E-state index >= 15 is 0 Å². The van der Waals surface area contributed by atoms with Crippen molar-refractivity contribution >= 4 is 5.91 Å². The third-order valence-electron chi connectivity index (χ3n) is 3.27. The minimum Gasteiger partial charge on any atom is -0.345 e. The zero-order chi connectivity index (χ0) is 12.3. The normalized spacial score (nSPS) is 14.7. The van der Waals surface area contributed by atoms with E-state index in [9.17, 15) is 4.79 Å². The maximum Gasteiger partial charge on any atom is 0.226 e. The van der Waals surface area contributed by atoms with E-state index in [4.69, 9.17) is 5.73 Å². The lowest BCUT2D eigenvalue weighted by atomic mass is 10.1. The summed E-state index contributed by atoms with van der Waals surface area (Å²) < 4.78 is 0. The third kappa shape index (κ3) is 3.56. The molecule has 1 saturated carbocycles. The second kappa shape index (κ2) is 5.32. The van der Waals surface area contributed by atoms with Gasteiger partial charge in [0.05, 0.1) is 6.42 Å². The predicted octanol–water partition coefficient (Wildman–Crippen LogP) is 1.56. The maximum atomic E-state index is 11.9. The minimum atomic E-state index is 0.206. The molecule has 17 heavy (non-hydrogen) atoms. The number of carbonyl (C=O) groups is 1. The summed E-state index contributed by atoms with van der Waals surface area (Å²) in [6.07, 6.45) is 3.06. The van der Waals surface area contributed by atoms with Crippen molar-refractivity contribution in [2.24, 2.45) is 11.7 Å². The standard InChI is InChI=1S/C14H20N2O/c1-16(10-13-6-7-13)14(17)8-11-2-4-12(9-15)5-3-11/h2-5,13H,6-10,15H2,1H3. The van der Waals surface area contributed by atoms with Gasteiger partial charge in [-0.25, -0.2) is 0 Å². The van der Waals surface area contributed by atoms with Crippen molar-refractivity contribution in [1.82, 2.24) is 4.90 Å². The van der Waals surface area contributed by atoms with Crippen LogP contribution in [-0.2, 0) is 17.8 Å². The van der Waals surface area contributed by atoms with Gasteiger partial charge in [-0.15, -0.1) is 0 Å². The van der Waals surface area contributed by atoms with Gasteiger partial charge < -0.3 is 10.6 Å². The summed E-state index contributed by atoms with van der Waals surface area (Å²) in [6.45, 7) is 1.47. The Bertz CT molecular complexity index is 382. The summed E-state index contributed by atoms with van der Waals surface area (Å²) in [5, 5.41) is 0. The van der Waals surface area contributed by atoms with Crippen LogP contribution in [0.3, 0.4) is 0 Å². The van der Waals surface area contributed by atoms with E-state index in [1.54, 1.807) is 0 Å². The van der Waals surface area contributed by atoms with Crippen LogP contribution < -0.4 is 5.73 Å². The lowest BCUT2D eigenvalue weighted by Gasteiger charge is -2.16. The van der Waals surface area contributed by atoms with E-state index in [0.717, 1.165) is 23.6 Å². The van der Waals surface area contributed by atoms with Gasteiger partial charge in [-0.05, 0) is 29.9 Å². The summed E-state index contributed by atoms with van der Waals surface area (Å²) in [5.41, 5.74) is 7.70. The summed E-state index contributed by atoms with van der Waals surface area (Å²) in [4.78, 5) is 13.8. The van der Waals surface area contributed by atoms with Crippen molar-refractivity contribution in [2.45, 2.75) is 25.8 Å². The van der Waals surface area contributed by atoms with E-state index in [1.807, 2.05) is 36.2 Å². The van der Waals surface area contributed by atoms with Crippen molar-refractivity contribution in [3.63, 3.8) is 0 Å². The molecule has 3 nitrogen and oxygen atoms in total. The summed E-state index contributed by atoms with van der Waals surface area (Å²) in [7, 11) is 1.90. The van der Waals surface area contributed by atoms with Gasteiger partial charge >= 0.3 is 0 Å². The number of benzene rings is 1. The number of hydrogen-bond acceptors (Lipinski definition) is 2. The third-order valence-corrected chi connectivity index (χ3v) is 3.27. The molecule has 92 valence electrons. The summed E-state index contributed by atoms with van der Waals surface area (Å²) in [6, 6.07) is 7.96. The number of likely N-dealkylation sites (N-methyl/N-ethyl adjacent to an activating group) is 1. The highest BCUT2D eigenvalue weighted by molar-refractivity contribution is 5.78. The van der Waals surface area contributed by atoms with Gasteiger partial charge in [-0.2, -0.15) is 0 Å². The molecule has 0 spiro atoms. The molecule has 1 fully saturated rings. The number of hydrogen-bond donors (Lipinski definition) is 1. The SMILES string of the molecule is CN(CC1CC1)C(=O)Cc1ccc(CN)cc1. The summed E-state index contributed by atoms with van der Waals surface area (Å²) in [5.74, 6) is 0.959. The van der Waals surface area contributed by atoms with Crippen molar-refractivity contribution in [2.75, 3.05) is 13.6 Å². The van der Waals surface area contributed by atoms with E-state index in [1.165, 1.54) is 12.8 Å². The van der Waals surface area contributed by atoms with Crippen LogP contribution in [-0.4, -0.2) is 24.4 Å². The highest BCUT2D eigenvalue weighted by atomic mass is 16.2. The Morgan fingerprint density at radius 3 is 2.41 bits per heavy atom. The fourth-order valence-corrected chi connectivity index (χ4v) is 1.89. The zero-order valence-electron chi connectivity index (χ0n) is 10.4. The van der Waals surface area contributed by atoms with Crippen LogP contribution >= 0.6 is 0 Å². The predicted molar refractivity (Wildman–Crippen MR) is 68.4 cm³/mol. The van der Waals surface area contributed by atoms with E-state index in [-0.39, 0.29) is 5.91 Å². The number of nitrogens with zero attached hydrogens (tertiary/aromatic N) is 1. The molecular formula is C14H20N2O. The molecule has 1 aromatic rings. The van der Waals surface area contributed by atoms with E-state index < -0.39 is 0 Å². The molecular weight excluding hydrogens is 212 g/mol. The highest BCUT2D eigenvalue weighted by Gasteiger charge is 2.24. The second-order valence-corrected chi connectivity index (χ2v) is 4.92. The number of carbonyl (C=O) groups excluding carboxylic acids is 1. The molecule has 1 aliphatic carbocycles. The molecule has 0 aromatic heterocycles. The zero-order valence-corrected chi connectivity index (χ0v) is 10.4. The Kier molecular flexibility index (Phi) is 3.79. The van der Waals surface area contributed by atoms with Crippen LogP contribution in [0.4, 0.5) is 0 Å². The number of rotatable bonds is 5. The van der Waals surface area contributed by atoms with Gasteiger partial charge in [0.1, 0.15) is 0 Å². The van der Waals surface area contributed by atoms with Crippen LogP contribution in [0, 0.1) is 5.92 Å². The van der Waals surface area contributed by atoms with Crippen molar-refractivity contribution < 1.29 is 4.79 Å². The Morgan fingerprint density at radius 1 is 1.29 bits per heavy atom. The lowest BCUT2D eigenvalue weighted by molar-refractivity contribution is -0.129. The molecule has 1 amide bonds. The Balaban J connectivity index is 1.87. The van der Waals surface area contributed by atoms with Gasteiger partial charge in [0.25, 0.3) is 0 Å². The quantitative estimate of drug-likeness (QED) is 0.837. The average Bonchev–Trinajstić information content (AvgIpc) is 3.14. The molecule has 0 heterocycles. The molecule has 2 N–H and O–H groups in total. The lowest BCUT2D eigenvalue weighted by Crippen LogP contribution is -2.30. The molecule has 1 aliphatic rings. The van der Waals surface area contributed by atoms with Crippen LogP contribution in [0.1, 0.15) is 24.0 Å². The first-order valence-corrected chi connectivity index (χ1v) is 6.21. The monoisotopic (exact) mass is 232 g/mol. The summed E-state index contributed by atoms with van der Waals surface area (Å²) >= 11 is 0. The van der Waals surface area contributed by atoms with Crippen LogP contribution in [0.25, 0.3) is 0 Å². The minimum absolute atomic E-state index is 0.206. The molecule has 1 aromatic carbocycles. The Labute approximate surface area is 103 Å². The first-order valence-electron chi connectivity index (χ1n) is 6.21.